The van der Waals surface area contributed by atoms with E-state index in [1.165, 1.54) is 19.1 Å². The number of rotatable bonds is 5. The quantitative estimate of drug-likeness (QED) is 0.775. The fraction of sp³-hybridized carbons (Fsp3) is 0.200. The van der Waals surface area contributed by atoms with Crippen molar-refractivity contribution in [1.29, 1.82) is 0 Å². The van der Waals surface area contributed by atoms with Gasteiger partial charge in [0.05, 0.1) is 12.2 Å². The highest BCUT2D eigenvalue weighted by Crippen LogP contribution is 2.17. The largest absolute Gasteiger partial charge is 0.493 e. The van der Waals surface area contributed by atoms with Gasteiger partial charge in [-0.15, -0.1) is 0 Å². The van der Waals surface area contributed by atoms with Gasteiger partial charge in [-0.25, -0.2) is 4.39 Å². The minimum Gasteiger partial charge on any atom is -0.493 e. The lowest BCUT2D eigenvalue weighted by Gasteiger charge is -2.07. The molecule has 0 bridgehead atoms. The molecule has 0 spiro atoms. The first kappa shape index (κ1) is 13.2. The number of ether oxygens (including phenoxy) is 1. The van der Waals surface area contributed by atoms with Gasteiger partial charge in [-0.1, -0.05) is 6.07 Å². The van der Waals surface area contributed by atoms with Crippen molar-refractivity contribution in [1.82, 2.24) is 4.98 Å². The van der Waals surface area contributed by atoms with E-state index in [9.17, 15) is 9.18 Å². The summed E-state index contributed by atoms with van der Waals surface area (Å²) in [7, 11) is 0. The second-order valence-corrected chi connectivity index (χ2v) is 4.12. The summed E-state index contributed by atoms with van der Waals surface area (Å²) in [5, 5.41) is 0. The first-order valence-corrected chi connectivity index (χ1v) is 6.00. The molecule has 19 heavy (non-hydrogen) atoms. The Kier molecular flexibility index (Phi) is 4.23. The van der Waals surface area contributed by atoms with Crippen molar-refractivity contribution in [2.75, 3.05) is 6.61 Å². The van der Waals surface area contributed by atoms with Gasteiger partial charge in [-0.05, 0) is 31.2 Å². The number of pyridine rings is 1. The first-order chi connectivity index (χ1) is 9.16. The lowest BCUT2D eigenvalue weighted by Crippen LogP contribution is -2.04. The third kappa shape index (κ3) is 3.61. The summed E-state index contributed by atoms with van der Waals surface area (Å²) in [4.78, 5) is 15.3. The van der Waals surface area contributed by atoms with Crippen molar-refractivity contribution >= 4 is 5.78 Å². The molecule has 0 aliphatic carbocycles. The molecule has 0 N–H and O–H groups in total. The average molecular weight is 259 g/mol. The van der Waals surface area contributed by atoms with Gasteiger partial charge in [0, 0.05) is 24.4 Å². The molecule has 0 radical (unpaired) electrons. The molecule has 2 aromatic rings. The highest BCUT2D eigenvalue weighted by Gasteiger charge is 2.08. The Morgan fingerprint density at radius 1 is 1.32 bits per heavy atom. The predicted octanol–water partition coefficient (Wildman–Crippen LogP) is 3.04. The second kappa shape index (κ2) is 6.09. The summed E-state index contributed by atoms with van der Waals surface area (Å²) in [5.74, 6) is -0.432. The van der Waals surface area contributed by atoms with E-state index in [2.05, 4.69) is 4.98 Å². The Morgan fingerprint density at radius 3 is 2.79 bits per heavy atom. The maximum Gasteiger partial charge on any atom is 0.162 e. The third-order valence-electron chi connectivity index (χ3n) is 2.67. The van der Waals surface area contributed by atoms with Crippen molar-refractivity contribution in [2.45, 2.75) is 13.3 Å². The van der Waals surface area contributed by atoms with Crippen LogP contribution in [0.25, 0.3) is 0 Å². The minimum atomic E-state index is -0.553. The molecule has 0 saturated carbocycles. The molecule has 2 rings (SSSR count). The van der Waals surface area contributed by atoms with Gasteiger partial charge in [0.2, 0.25) is 0 Å². The van der Waals surface area contributed by atoms with Gasteiger partial charge < -0.3 is 4.74 Å². The molecular weight excluding hydrogens is 245 g/mol. The van der Waals surface area contributed by atoms with E-state index >= 15 is 0 Å². The molecule has 0 fully saturated rings. The highest BCUT2D eigenvalue weighted by atomic mass is 19.1. The maximum absolute atomic E-state index is 13.5. The van der Waals surface area contributed by atoms with E-state index in [-0.39, 0.29) is 11.3 Å². The minimum absolute atomic E-state index is 0.0806. The SMILES string of the molecule is CC(=O)c1ccc(OCCc2ccccn2)cc1F. The molecule has 0 unspecified atom stereocenters. The van der Waals surface area contributed by atoms with Crippen LogP contribution >= 0.6 is 0 Å². The summed E-state index contributed by atoms with van der Waals surface area (Å²) in [5.41, 5.74) is 1.00. The Labute approximate surface area is 111 Å². The molecule has 1 aromatic heterocycles. The topological polar surface area (TPSA) is 39.2 Å². The van der Waals surface area contributed by atoms with Gasteiger partial charge in [-0.2, -0.15) is 0 Å². The summed E-state index contributed by atoms with van der Waals surface area (Å²) < 4.78 is 19.0. The lowest BCUT2D eigenvalue weighted by molar-refractivity contribution is 0.101. The van der Waals surface area contributed by atoms with Crippen LogP contribution in [0.2, 0.25) is 0 Å². The second-order valence-electron chi connectivity index (χ2n) is 4.12. The molecular formula is C15H14FNO2. The molecule has 1 aromatic carbocycles. The Balaban J connectivity index is 1.93. The number of Topliss-reactive ketones (excluding diaryl/α,β-unsaturated/α-hetero) is 1. The fourth-order valence-electron chi connectivity index (χ4n) is 1.69. The number of nitrogens with zero attached hydrogens (tertiary/aromatic N) is 1. The van der Waals surface area contributed by atoms with Crippen LogP contribution in [0.4, 0.5) is 4.39 Å². The van der Waals surface area contributed by atoms with E-state index in [0.717, 1.165) is 5.69 Å². The molecule has 1 heterocycles. The summed E-state index contributed by atoms with van der Waals surface area (Å²) in [6, 6.07) is 9.92. The van der Waals surface area contributed by atoms with Crippen LogP contribution in [0.5, 0.6) is 5.75 Å². The van der Waals surface area contributed by atoms with Gasteiger partial charge in [-0.3, -0.25) is 9.78 Å². The predicted molar refractivity (Wildman–Crippen MR) is 69.8 cm³/mol. The van der Waals surface area contributed by atoms with Crippen LogP contribution < -0.4 is 4.74 Å². The standard InChI is InChI=1S/C15H14FNO2/c1-11(18)14-6-5-13(10-15(14)16)19-9-7-12-4-2-3-8-17-12/h2-6,8,10H,7,9H2,1H3. The molecule has 98 valence electrons. The van der Waals surface area contributed by atoms with E-state index in [1.54, 1.807) is 12.3 Å². The zero-order chi connectivity index (χ0) is 13.7. The van der Waals surface area contributed by atoms with Crippen molar-refractivity contribution in [3.63, 3.8) is 0 Å². The van der Waals surface area contributed by atoms with Gasteiger partial charge >= 0.3 is 0 Å². The summed E-state index contributed by atoms with van der Waals surface area (Å²) >= 11 is 0. The number of aromatic nitrogens is 1. The van der Waals surface area contributed by atoms with E-state index < -0.39 is 5.82 Å². The Morgan fingerprint density at radius 2 is 2.16 bits per heavy atom. The van der Waals surface area contributed by atoms with Crippen molar-refractivity contribution in [3.8, 4) is 5.75 Å². The van der Waals surface area contributed by atoms with Crippen LogP contribution in [-0.4, -0.2) is 17.4 Å². The molecule has 0 atom stereocenters. The monoisotopic (exact) mass is 259 g/mol. The normalized spacial score (nSPS) is 10.2. The van der Waals surface area contributed by atoms with Crippen LogP contribution in [0.3, 0.4) is 0 Å². The maximum atomic E-state index is 13.5. The molecule has 0 amide bonds. The van der Waals surface area contributed by atoms with Crippen molar-refractivity contribution < 1.29 is 13.9 Å². The number of hydrogen-bond acceptors (Lipinski definition) is 3. The van der Waals surface area contributed by atoms with Crippen molar-refractivity contribution in [3.05, 3.63) is 59.7 Å². The fourth-order valence-corrected chi connectivity index (χ4v) is 1.69. The molecule has 4 heteroatoms. The number of ketones is 1. The van der Waals surface area contributed by atoms with Crippen LogP contribution in [0.1, 0.15) is 23.0 Å². The molecule has 0 saturated heterocycles. The number of hydrogen-bond donors (Lipinski definition) is 0. The average Bonchev–Trinajstić information content (AvgIpc) is 2.39. The van der Waals surface area contributed by atoms with Gasteiger partial charge in [0.15, 0.2) is 5.78 Å². The Hall–Kier alpha value is -2.23. The van der Waals surface area contributed by atoms with E-state index in [4.69, 9.17) is 4.74 Å². The van der Waals surface area contributed by atoms with Crippen molar-refractivity contribution in [2.24, 2.45) is 0 Å². The zero-order valence-electron chi connectivity index (χ0n) is 10.6. The molecule has 3 nitrogen and oxygen atoms in total. The highest BCUT2D eigenvalue weighted by molar-refractivity contribution is 5.94. The zero-order valence-corrected chi connectivity index (χ0v) is 10.6. The van der Waals surface area contributed by atoms with Crippen LogP contribution in [-0.2, 0) is 6.42 Å². The number of carbonyl (C=O) groups is 1. The Bertz CT molecular complexity index is 570. The molecule has 0 aliphatic rings. The smallest absolute Gasteiger partial charge is 0.162 e. The lowest BCUT2D eigenvalue weighted by atomic mass is 10.1. The van der Waals surface area contributed by atoms with Gasteiger partial charge in [0.25, 0.3) is 0 Å². The van der Waals surface area contributed by atoms with Gasteiger partial charge in [0.1, 0.15) is 11.6 Å². The van der Waals surface area contributed by atoms with E-state index in [1.807, 2.05) is 18.2 Å². The number of carbonyl (C=O) groups excluding carboxylic acids is 1. The summed E-state index contributed by atoms with van der Waals surface area (Å²) in [6.07, 6.45) is 2.37. The van der Waals surface area contributed by atoms with E-state index in [0.29, 0.717) is 18.8 Å². The van der Waals surface area contributed by atoms with Crippen LogP contribution in [0.15, 0.2) is 42.6 Å². The molecule has 0 aliphatic heterocycles. The number of benzene rings is 1. The third-order valence-corrected chi connectivity index (χ3v) is 2.67. The first-order valence-electron chi connectivity index (χ1n) is 6.00. The summed E-state index contributed by atoms with van der Waals surface area (Å²) in [6.45, 7) is 1.75. The van der Waals surface area contributed by atoms with Crippen LogP contribution in [0, 0.1) is 5.82 Å². The number of halogens is 1.